The molecule has 0 aromatic heterocycles. The van der Waals surface area contributed by atoms with Gasteiger partial charge in [-0.05, 0) is 58.4 Å². The van der Waals surface area contributed by atoms with Crippen molar-refractivity contribution in [1.82, 2.24) is 0 Å². The third-order valence-electron chi connectivity index (χ3n) is 6.04. The second kappa shape index (κ2) is 13.6. The van der Waals surface area contributed by atoms with Crippen LogP contribution in [0.15, 0.2) is 41.3 Å². The highest BCUT2D eigenvalue weighted by molar-refractivity contribution is 7.99. The Kier molecular flexibility index (Phi) is 11.2. The lowest BCUT2D eigenvalue weighted by Crippen LogP contribution is -2.21. The van der Waals surface area contributed by atoms with Gasteiger partial charge in [-0.2, -0.15) is 0 Å². The number of nitrogens with one attached hydrogen (secondary N) is 1. The van der Waals surface area contributed by atoms with Crippen LogP contribution in [-0.4, -0.2) is 31.8 Å². The summed E-state index contributed by atoms with van der Waals surface area (Å²) in [5, 5.41) is 3.16. The molecule has 0 heterocycles. The van der Waals surface area contributed by atoms with Gasteiger partial charge in [0, 0.05) is 17.0 Å². The average molecular weight is 500 g/mol. The summed E-state index contributed by atoms with van der Waals surface area (Å²) in [6, 6.07) is 12.1. The number of methoxy groups -OCH3 is 2. The van der Waals surface area contributed by atoms with Gasteiger partial charge in [0.25, 0.3) is 0 Å². The number of unbranched alkanes of at least 4 members (excludes halogenated alkanes) is 1. The topological polar surface area (TPSA) is 64.6 Å². The van der Waals surface area contributed by atoms with Crippen LogP contribution in [0.25, 0.3) is 0 Å². The highest BCUT2D eigenvalue weighted by Crippen LogP contribution is 2.37. The molecule has 0 aliphatic heterocycles. The van der Waals surface area contributed by atoms with Gasteiger partial charge < -0.3 is 14.8 Å². The summed E-state index contributed by atoms with van der Waals surface area (Å²) >= 11 is 1.78. The van der Waals surface area contributed by atoms with Crippen LogP contribution < -0.4 is 10.1 Å². The van der Waals surface area contributed by atoms with Crippen LogP contribution in [0.2, 0.25) is 0 Å². The van der Waals surface area contributed by atoms with Crippen LogP contribution in [0, 0.1) is 0 Å². The minimum Gasteiger partial charge on any atom is -0.496 e. The Bertz CT molecular complexity index is 997. The van der Waals surface area contributed by atoms with Crippen molar-refractivity contribution in [2.24, 2.45) is 0 Å². The molecular formula is C29H41NO4S. The molecule has 1 unspecified atom stereocenters. The zero-order chi connectivity index (χ0) is 26.0. The minimum absolute atomic E-state index is 0.0408. The molecule has 0 spiro atoms. The molecule has 1 atom stereocenters. The van der Waals surface area contributed by atoms with E-state index in [-0.39, 0.29) is 29.6 Å². The van der Waals surface area contributed by atoms with E-state index in [0.29, 0.717) is 6.42 Å². The summed E-state index contributed by atoms with van der Waals surface area (Å²) in [5.41, 5.74) is 3.51. The molecule has 35 heavy (non-hydrogen) atoms. The Labute approximate surface area is 215 Å². The summed E-state index contributed by atoms with van der Waals surface area (Å²) in [6.07, 6.45) is 3.54. The second-order valence-corrected chi connectivity index (χ2v) is 11.1. The molecule has 6 heteroatoms. The summed E-state index contributed by atoms with van der Waals surface area (Å²) < 4.78 is 10.5. The van der Waals surface area contributed by atoms with E-state index < -0.39 is 0 Å². The summed E-state index contributed by atoms with van der Waals surface area (Å²) in [7, 11) is 3.07. The number of anilines is 1. The fourth-order valence-electron chi connectivity index (χ4n) is 4.23. The molecule has 0 saturated carbocycles. The lowest BCUT2D eigenvalue weighted by Gasteiger charge is -2.25. The van der Waals surface area contributed by atoms with E-state index in [0.717, 1.165) is 53.1 Å². The van der Waals surface area contributed by atoms with E-state index in [1.165, 1.54) is 12.0 Å². The van der Waals surface area contributed by atoms with Crippen molar-refractivity contribution in [2.75, 3.05) is 25.3 Å². The summed E-state index contributed by atoms with van der Waals surface area (Å²) in [5.74, 6) is 1.55. The van der Waals surface area contributed by atoms with Crippen LogP contribution in [0.3, 0.4) is 0 Å². The Morgan fingerprint density at radius 1 is 1.06 bits per heavy atom. The maximum Gasteiger partial charge on any atom is 0.309 e. The van der Waals surface area contributed by atoms with Crippen molar-refractivity contribution < 1.29 is 19.1 Å². The van der Waals surface area contributed by atoms with Crippen molar-refractivity contribution in [1.29, 1.82) is 0 Å². The number of benzene rings is 2. The van der Waals surface area contributed by atoms with E-state index in [2.05, 4.69) is 58.1 Å². The zero-order valence-electron chi connectivity index (χ0n) is 22.3. The molecule has 2 aromatic carbocycles. The van der Waals surface area contributed by atoms with Gasteiger partial charge in [0.2, 0.25) is 5.91 Å². The van der Waals surface area contributed by atoms with E-state index >= 15 is 0 Å². The zero-order valence-corrected chi connectivity index (χ0v) is 23.1. The Morgan fingerprint density at radius 2 is 1.80 bits per heavy atom. The third-order valence-corrected chi connectivity index (χ3v) is 6.91. The highest BCUT2D eigenvalue weighted by atomic mass is 32.2. The summed E-state index contributed by atoms with van der Waals surface area (Å²) in [4.78, 5) is 26.3. The predicted molar refractivity (Wildman–Crippen MR) is 146 cm³/mol. The maximum atomic E-state index is 13.3. The monoisotopic (exact) mass is 499 g/mol. The first kappa shape index (κ1) is 28.8. The molecule has 0 fully saturated rings. The van der Waals surface area contributed by atoms with Gasteiger partial charge in [-0.3, -0.25) is 9.59 Å². The van der Waals surface area contributed by atoms with Crippen molar-refractivity contribution in [3.63, 3.8) is 0 Å². The smallest absolute Gasteiger partial charge is 0.309 e. The molecule has 2 rings (SSSR count). The minimum atomic E-state index is -0.304. The normalized spacial score (nSPS) is 12.2. The lowest BCUT2D eigenvalue weighted by molar-refractivity contribution is -0.139. The largest absolute Gasteiger partial charge is 0.496 e. The molecule has 0 saturated heterocycles. The van der Waals surface area contributed by atoms with Crippen molar-refractivity contribution >= 4 is 29.3 Å². The highest BCUT2D eigenvalue weighted by Gasteiger charge is 2.23. The van der Waals surface area contributed by atoms with E-state index in [1.54, 1.807) is 18.9 Å². The SMILES string of the molecule is CCCCC(CC(=O)Nc1cc(CC(=O)OC)ccc1C(C)(C)C)c1ccc(SCC)cc1OC. The molecule has 0 aliphatic carbocycles. The number of carbonyl (C=O) groups is 2. The van der Waals surface area contributed by atoms with Gasteiger partial charge in [0.15, 0.2) is 0 Å². The van der Waals surface area contributed by atoms with Gasteiger partial charge in [0.05, 0.1) is 20.6 Å². The maximum absolute atomic E-state index is 13.3. The molecule has 0 aliphatic rings. The molecule has 1 N–H and O–H groups in total. The number of carbonyl (C=O) groups excluding carboxylic acids is 2. The molecular weight excluding hydrogens is 458 g/mol. The van der Waals surface area contributed by atoms with E-state index in [4.69, 9.17) is 9.47 Å². The predicted octanol–water partition coefficient (Wildman–Crippen LogP) is 7.12. The number of amides is 1. The van der Waals surface area contributed by atoms with Crippen LogP contribution in [0.1, 0.15) is 82.9 Å². The number of esters is 1. The standard InChI is InChI=1S/C29H41NO4S/c1-8-10-11-21(23-14-13-22(35-9-2)19-26(23)33-6)18-27(31)30-25-16-20(17-28(32)34-7)12-15-24(25)29(3,4)5/h12-16,19,21H,8-11,17-18H2,1-7H3,(H,30,31). The molecule has 2 aromatic rings. The first-order valence-electron chi connectivity index (χ1n) is 12.4. The molecule has 5 nitrogen and oxygen atoms in total. The number of hydrogen-bond donors (Lipinski definition) is 1. The van der Waals surface area contributed by atoms with Crippen molar-refractivity contribution in [3.8, 4) is 5.75 Å². The van der Waals surface area contributed by atoms with Gasteiger partial charge in [-0.1, -0.05) is 65.7 Å². The molecule has 1 amide bonds. The Morgan fingerprint density at radius 3 is 2.40 bits per heavy atom. The molecule has 192 valence electrons. The van der Waals surface area contributed by atoms with E-state index in [1.807, 2.05) is 18.2 Å². The van der Waals surface area contributed by atoms with Gasteiger partial charge in [-0.25, -0.2) is 0 Å². The number of ether oxygens (including phenoxy) is 2. The number of thioether (sulfide) groups is 1. The average Bonchev–Trinajstić information content (AvgIpc) is 2.81. The summed E-state index contributed by atoms with van der Waals surface area (Å²) in [6.45, 7) is 10.6. The molecule has 0 radical (unpaired) electrons. The fourth-order valence-corrected chi connectivity index (χ4v) is 4.91. The van der Waals surface area contributed by atoms with Crippen LogP contribution in [-0.2, 0) is 26.2 Å². The Hall–Kier alpha value is -2.47. The lowest BCUT2D eigenvalue weighted by atomic mass is 9.84. The van der Waals surface area contributed by atoms with Gasteiger partial charge in [0.1, 0.15) is 5.75 Å². The second-order valence-electron chi connectivity index (χ2n) is 9.81. The number of hydrogen-bond acceptors (Lipinski definition) is 5. The fraction of sp³-hybridized carbons (Fsp3) is 0.517. The van der Waals surface area contributed by atoms with Crippen LogP contribution in [0.5, 0.6) is 5.75 Å². The first-order chi connectivity index (χ1) is 16.6. The quantitative estimate of drug-likeness (QED) is 0.249. The van der Waals surface area contributed by atoms with E-state index in [9.17, 15) is 9.59 Å². The van der Waals surface area contributed by atoms with Gasteiger partial charge >= 0.3 is 5.97 Å². The van der Waals surface area contributed by atoms with Crippen LogP contribution in [0.4, 0.5) is 5.69 Å². The third kappa shape index (κ3) is 8.60. The van der Waals surface area contributed by atoms with Crippen molar-refractivity contribution in [3.05, 3.63) is 53.1 Å². The number of rotatable bonds is 12. The van der Waals surface area contributed by atoms with Gasteiger partial charge in [-0.15, -0.1) is 11.8 Å². The Balaban J connectivity index is 2.33. The first-order valence-corrected chi connectivity index (χ1v) is 13.4. The van der Waals surface area contributed by atoms with Crippen molar-refractivity contribution in [2.45, 2.75) is 83.0 Å². The van der Waals surface area contributed by atoms with Crippen LogP contribution >= 0.6 is 11.8 Å². The molecule has 0 bridgehead atoms.